The fraction of sp³-hybridized carbons (Fsp3) is 0.538. The lowest BCUT2D eigenvalue weighted by atomic mass is 9.95. The van der Waals surface area contributed by atoms with Crippen LogP contribution in [0.4, 0.5) is 0 Å². The van der Waals surface area contributed by atoms with Gasteiger partial charge < -0.3 is 27.2 Å². The van der Waals surface area contributed by atoms with E-state index in [0.717, 1.165) is 42.9 Å². The standard InChI is InChI=1S/C13H18BrNO2.ClH/c1-13(16,10-15-6-8-17-9-7-15)11-2-4-12(14)5-3-11;/h2-5,16H,6-10H2,1H3;1H. The quantitative estimate of drug-likeness (QED) is 0.644. The van der Waals surface area contributed by atoms with E-state index in [2.05, 4.69) is 15.9 Å². The van der Waals surface area contributed by atoms with Crippen molar-refractivity contribution in [2.24, 2.45) is 0 Å². The highest BCUT2D eigenvalue weighted by molar-refractivity contribution is 9.10. The zero-order valence-corrected chi connectivity index (χ0v) is 12.8. The van der Waals surface area contributed by atoms with Crippen molar-refractivity contribution in [3.05, 3.63) is 34.3 Å². The molecule has 0 saturated carbocycles. The second-order valence-corrected chi connectivity index (χ2v) is 5.74. The maximum Gasteiger partial charge on any atom is 0.135 e. The van der Waals surface area contributed by atoms with Gasteiger partial charge in [-0.25, -0.2) is 0 Å². The summed E-state index contributed by atoms with van der Waals surface area (Å²) in [6.07, 6.45) is 0. The number of hydrogen-bond acceptors (Lipinski definition) is 2. The molecule has 0 bridgehead atoms. The molecular formula is C13H19BrClNO2. The average molecular weight is 337 g/mol. The molecule has 2 rings (SSSR count). The molecule has 0 amide bonds. The number of nitrogens with one attached hydrogen (secondary N) is 1. The topological polar surface area (TPSA) is 33.9 Å². The molecule has 1 aromatic carbocycles. The fourth-order valence-corrected chi connectivity index (χ4v) is 2.50. The Kier molecular flexibility index (Phi) is 6.08. The fourth-order valence-electron chi connectivity index (χ4n) is 2.23. The van der Waals surface area contributed by atoms with Gasteiger partial charge in [0.25, 0.3) is 0 Å². The van der Waals surface area contributed by atoms with Crippen molar-refractivity contribution in [1.29, 1.82) is 0 Å². The van der Waals surface area contributed by atoms with Crippen LogP contribution in [-0.2, 0) is 10.3 Å². The number of hydrogen-bond donors (Lipinski definition) is 2. The summed E-state index contributed by atoms with van der Waals surface area (Å²) in [7, 11) is 0. The minimum absolute atomic E-state index is 0. The van der Waals surface area contributed by atoms with Gasteiger partial charge in [0.2, 0.25) is 0 Å². The first-order valence-corrected chi connectivity index (χ1v) is 6.77. The van der Waals surface area contributed by atoms with Crippen molar-refractivity contribution in [3.8, 4) is 0 Å². The van der Waals surface area contributed by atoms with Crippen molar-refractivity contribution in [2.45, 2.75) is 12.5 Å². The summed E-state index contributed by atoms with van der Waals surface area (Å²) in [4.78, 5) is 1.41. The van der Waals surface area contributed by atoms with Crippen LogP contribution < -0.4 is 17.3 Å². The molecule has 0 radical (unpaired) electrons. The number of quaternary nitrogens is 1. The van der Waals surface area contributed by atoms with Gasteiger partial charge in [0.05, 0.1) is 13.2 Å². The summed E-state index contributed by atoms with van der Waals surface area (Å²) in [5, 5.41) is 10.6. The Labute approximate surface area is 123 Å². The van der Waals surface area contributed by atoms with Gasteiger partial charge in [-0.1, -0.05) is 28.1 Å². The second kappa shape index (κ2) is 6.87. The molecule has 1 fully saturated rings. The molecule has 1 heterocycles. The zero-order chi connectivity index (χ0) is 12.3. The molecule has 102 valence electrons. The van der Waals surface area contributed by atoms with E-state index in [4.69, 9.17) is 4.74 Å². The number of morpholine rings is 1. The van der Waals surface area contributed by atoms with E-state index in [1.165, 1.54) is 4.90 Å². The molecule has 0 aliphatic carbocycles. The molecule has 1 saturated heterocycles. The lowest BCUT2D eigenvalue weighted by Gasteiger charge is -2.31. The molecular weight excluding hydrogens is 318 g/mol. The number of halogens is 2. The van der Waals surface area contributed by atoms with E-state index in [0.29, 0.717) is 0 Å². The van der Waals surface area contributed by atoms with Gasteiger partial charge in [0, 0.05) is 4.47 Å². The molecule has 1 unspecified atom stereocenters. The molecule has 5 heteroatoms. The van der Waals surface area contributed by atoms with Gasteiger partial charge in [-0.2, -0.15) is 0 Å². The third-order valence-electron chi connectivity index (χ3n) is 3.26. The Morgan fingerprint density at radius 1 is 1.28 bits per heavy atom. The summed E-state index contributed by atoms with van der Waals surface area (Å²) in [6.45, 7) is 6.17. The van der Waals surface area contributed by atoms with Crippen molar-refractivity contribution >= 4 is 15.9 Å². The molecule has 2 N–H and O–H groups in total. The molecule has 1 aromatic rings. The molecule has 18 heavy (non-hydrogen) atoms. The second-order valence-electron chi connectivity index (χ2n) is 4.82. The predicted octanol–water partition coefficient (Wildman–Crippen LogP) is -2.42. The van der Waals surface area contributed by atoms with Crippen LogP contribution in [0.25, 0.3) is 0 Å². The minimum Gasteiger partial charge on any atom is -1.00 e. The van der Waals surface area contributed by atoms with E-state index in [-0.39, 0.29) is 12.4 Å². The summed E-state index contributed by atoms with van der Waals surface area (Å²) in [5.41, 5.74) is 0.201. The van der Waals surface area contributed by atoms with E-state index in [1.54, 1.807) is 0 Å². The van der Waals surface area contributed by atoms with Gasteiger partial charge in [-0.3, -0.25) is 0 Å². The number of benzene rings is 1. The van der Waals surface area contributed by atoms with Gasteiger partial charge in [0.15, 0.2) is 0 Å². The van der Waals surface area contributed by atoms with Crippen molar-refractivity contribution in [1.82, 2.24) is 0 Å². The van der Waals surface area contributed by atoms with E-state index in [9.17, 15) is 5.11 Å². The highest BCUT2D eigenvalue weighted by Crippen LogP contribution is 2.21. The van der Waals surface area contributed by atoms with Crippen LogP contribution in [0, 0.1) is 0 Å². The SMILES string of the molecule is CC(O)(C[NH+]1CCOCC1)c1ccc(Br)cc1.[Cl-]. The van der Waals surface area contributed by atoms with Crippen LogP contribution in [0.15, 0.2) is 28.7 Å². The number of rotatable bonds is 3. The van der Waals surface area contributed by atoms with E-state index < -0.39 is 5.60 Å². The monoisotopic (exact) mass is 335 g/mol. The Hall–Kier alpha value is -0.130. The van der Waals surface area contributed by atoms with Gasteiger partial charge >= 0.3 is 0 Å². The third-order valence-corrected chi connectivity index (χ3v) is 3.79. The van der Waals surface area contributed by atoms with Gasteiger partial charge in [0.1, 0.15) is 25.2 Å². The van der Waals surface area contributed by atoms with Crippen molar-refractivity contribution in [3.63, 3.8) is 0 Å². The highest BCUT2D eigenvalue weighted by atomic mass is 79.9. The molecule has 3 nitrogen and oxygen atoms in total. The smallest absolute Gasteiger partial charge is 0.135 e. The highest BCUT2D eigenvalue weighted by Gasteiger charge is 2.29. The average Bonchev–Trinajstić information content (AvgIpc) is 2.30. The first kappa shape index (κ1) is 15.9. The van der Waals surface area contributed by atoms with Crippen molar-refractivity contribution < 1.29 is 27.2 Å². The third kappa shape index (κ3) is 4.21. The number of ether oxygens (including phenoxy) is 1. The van der Waals surface area contributed by atoms with Crippen LogP contribution in [-0.4, -0.2) is 38.0 Å². The van der Waals surface area contributed by atoms with Crippen LogP contribution >= 0.6 is 15.9 Å². The van der Waals surface area contributed by atoms with E-state index in [1.807, 2.05) is 31.2 Å². The minimum atomic E-state index is -0.770. The molecule has 1 aliphatic rings. The van der Waals surface area contributed by atoms with Crippen LogP contribution in [0.1, 0.15) is 12.5 Å². The number of aliphatic hydroxyl groups is 1. The maximum atomic E-state index is 10.6. The first-order chi connectivity index (χ1) is 8.08. The molecule has 0 aromatic heterocycles. The lowest BCUT2D eigenvalue weighted by molar-refractivity contribution is -0.915. The summed E-state index contributed by atoms with van der Waals surface area (Å²) >= 11 is 3.41. The summed E-state index contributed by atoms with van der Waals surface area (Å²) in [6, 6.07) is 7.89. The predicted molar refractivity (Wildman–Crippen MR) is 70.1 cm³/mol. The normalized spacial score (nSPS) is 19.9. The first-order valence-electron chi connectivity index (χ1n) is 5.98. The van der Waals surface area contributed by atoms with Gasteiger partial charge in [-0.15, -0.1) is 0 Å². The van der Waals surface area contributed by atoms with E-state index >= 15 is 0 Å². The Balaban J connectivity index is 0.00000162. The van der Waals surface area contributed by atoms with Gasteiger partial charge in [-0.05, 0) is 24.6 Å². The molecule has 0 spiro atoms. The Morgan fingerprint density at radius 3 is 2.39 bits per heavy atom. The zero-order valence-electron chi connectivity index (χ0n) is 10.5. The summed E-state index contributed by atoms with van der Waals surface area (Å²) < 4.78 is 6.36. The van der Waals surface area contributed by atoms with Crippen LogP contribution in [0.5, 0.6) is 0 Å². The molecule has 1 aliphatic heterocycles. The molecule has 1 atom stereocenters. The maximum absolute atomic E-state index is 10.6. The lowest BCUT2D eigenvalue weighted by Crippen LogP contribution is -3.15. The van der Waals surface area contributed by atoms with Crippen LogP contribution in [0.2, 0.25) is 0 Å². The Bertz CT molecular complexity index is 364. The van der Waals surface area contributed by atoms with Crippen molar-refractivity contribution in [2.75, 3.05) is 32.8 Å². The Morgan fingerprint density at radius 2 is 1.83 bits per heavy atom. The summed E-state index contributed by atoms with van der Waals surface area (Å²) in [5.74, 6) is 0. The van der Waals surface area contributed by atoms with Crippen LogP contribution in [0.3, 0.4) is 0 Å². The largest absolute Gasteiger partial charge is 1.00 e.